The van der Waals surface area contributed by atoms with E-state index in [2.05, 4.69) is 58.0 Å². The van der Waals surface area contributed by atoms with E-state index in [1.807, 2.05) is 0 Å². The summed E-state index contributed by atoms with van der Waals surface area (Å²) in [4.78, 5) is 22.4. The highest BCUT2D eigenvalue weighted by Crippen LogP contribution is 2.15. The summed E-state index contributed by atoms with van der Waals surface area (Å²) in [7, 11) is 2.88. The molecule has 0 N–H and O–H groups in total. The van der Waals surface area contributed by atoms with Crippen LogP contribution >= 0.6 is 0 Å². The second-order valence-electron chi connectivity index (χ2n) is 9.11. The Labute approximate surface area is 206 Å². The maximum Gasteiger partial charge on any atom is 0.305 e. The number of unbranched alkanes of at least 4 members (excludes halogenated alkanes) is 5. The maximum absolute atomic E-state index is 11.2. The van der Waals surface area contributed by atoms with Gasteiger partial charge in [0, 0.05) is 12.8 Å². The van der Waals surface area contributed by atoms with E-state index in [9.17, 15) is 9.59 Å². The van der Waals surface area contributed by atoms with Crippen molar-refractivity contribution in [1.29, 1.82) is 0 Å². The molecule has 0 radical (unpaired) electrons. The third kappa shape index (κ3) is 12.0. The first-order chi connectivity index (χ1) is 16.6. The van der Waals surface area contributed by atoms with E-state index in [0.29, 0.717) is 12.8 Å². The molecule has 0 unspecified atom stereocenters. The number of carbonyl (C=O) groups is 2. The summed E-state index contributed by atoms with van der Waals surface area (Å²) in [6.07, 6.45) is 14.5. The molecule has 0 amide bonds. The summed E-state index contributed by atoms with van der Waals surface area (Å²) in [5.41, 5.74) is 5.40. The number of methoxy groups -OCH3 is 2. The molecule has 0 aliphatic heterocycles. The number of esters is 2. The predicted octanol–water partition coefficient (Wildman–Crippen LogP) is 6.80. The normalized spacial score (nSPS) is 10.8. The van der Waals surface area contributed by atoms with E-state index in [1.54, 1.807) is 0 Å². The van der Waals surface area contributed by atoms with E-state index in [4.69, 9.17) is 0 Å². The van der Waals surface area contributed by atoms with Gasteiger partial charge in [-0.25, -0.2) is 0 Å². The Kier molecular flexibility index (Phi) is 13.7. The van der Waals surface area contributed by atoms with Crippen LogP contribution in [0.4, 0.5) is 0 Å². The summed E-state index contributed by atoms with van der Waals surface area (Å²) < 4.78 is 9.37. The molecule has 0 fully saturated rings. The van der Waals surface area contributed by atoms with Crippen LogP contribution in [0.5, 0.6) is 0 Å². The highest BCUT2D eigenvalue weighted by molar-refractivity contribution is 5.69. The van der Waals surface area contributed by atoms with Gasteiger partial charge in [0.25, 0.3) is 0 Å². The largest absolute Gasteiger partial charge is 0.469 e. The molecule has 0 heterocycles. The minimum Gasteiger partial charge on any atom is -0.469 e. The Morgan fingerprint density at radius 3 is 1.03 bits per heavy atom. The highest BCUT2D eigenvalue weighted by atomic mass is 16.5. The molecule has 0 saturated heterocycles. The summed E-state index contributed by atoms with van der Waals surface area (Å²) in [6, 6.07) is 17.7. The number of benzene rings is 2. The van der Waals surface area contributed by atoms with Crippen LogP contribution < -0.4 is 0 Å². The van der Waals surface area contributed by atoms with E-state index in [1.165, 1.54) is 75.0 Å². The van der Waals surface area contributed by atoms with Crippen molar-refractivity contribution >= 4 is 11.9 Å². The third-order valence-electron chi connectivity index (χ3n) is 6.37. The monoisotopic (exact) mass is 466 g/mol. The number of hydrogen-bond donors (Lipinski definition) is 0. The van der Waals surface area contributed by atoms with Crippen molar-refractivity contribution < 1.29 is 19.1 Å². The van der Waals surface area contributed by atoms with Crippen LogP contribution in [0.2, 0.25) is 0 Å². The molecule has 0 spiro atoms. The lowest BCUT2D eigenvalue weighted by Crippen LogP contribution is -2.00. The number of hydrogen-bond acceptors (Lipinski definition) is 4. The van der Waals surface area contributed by atoms with Crippen molar-refractivity contribution in [3.8, 4) is 0 Å². The molecule has 0 bridgehead atoms. The molecular weight excluding hydrogens is 424 g/mol. The average molecular weight is 467 g/mol. The van der Waals surface area contributed by atoms with Crippen molar-refractivity contribution in [3.63, 3.8) is 0 Å². The molecular formula is C30H42O4. The van der Waals surface area contributed by atoms with Gasteiger partial charge < -0.3 is 9.47 Å². The van der Waals surface area contributed by atoms with Crippen LogP contribution in [0, 0.1) is 0 Å². The summed E-state index contributed by atoms with van der Waals surface area (Å²) in [5.74, 6) is -0.258. The minimum absolute atomic E-state index is 0.129. The van der Waals surface area contributed by atoms with Crippen molar-refractivity contribution in [1.82, 2.24) is 0 Å². The molecule has 0 atom stereocenters. The molecule has 34 heavy (non-hydrogen) atoms. The highest BCUT2D eigenvalue weighted by Gasteiger charge is 2.03. The molecule has 2 aromatic carbocycles. The lowest BCUT2D eigenvalue weighted by atomic mass is 10.0. The number of aryl methyl sites for hydroxylation is 4. The van der Waals surface area contributed by atoms with Crippen molar-refractivity contribution in [3.05, 3.63) is 70.8 Å². The van der Waals surface area contributed by atoms with E-state index < -0.39 is 0 Å². The molecule has 4 nitrogen and oxygen atoms in total. The second-order valence-corrected chi connectivity index (χ2v) is 9.11. The van der Waals surface area contributed by atoms with Crippen molar-refractivity contribution in [2.24, 2.45) is 0 Å². The summed E-state index contributed by atoms with van der Waals surface area (Å²) in [5, 5.41) is 0. The zero-order valence-corrected chi connectivity index (χ0v) is 21.2. The fourth-order valence-corrected chi connectivity index (χ4v) is 4.19. The lowest BCUT2D eigenvalue weighted by Gasteiger charge is -2.06. The van der Waals surface area contributed by atoms with Gasteiger partial charge in [0.1, 0.15) is 0 Å². The van der Waals surface area contributed by atoms with Crippen molar-refractivity contribution in [2.75, 3.05) is 14.2 Å². The SMILES string of the molecule is COC(=O)CCCc1ccc(CCCCCCCCc2ccc(CCCC(=O)OC)cc2)cc1. The van der Waals surface area contributed by atoms with Crippen LogP contribution in [-0.4, -0.2) is 26.2 Å². The minimum atomic E-state index is -0.129. The predicted molar refractivity (Wildman–Crippen MR) is 138 cm³/mol. The fourth-order valence-electron chi connectivity index (χ4n) is 4.19. The van der Waals surface area contributed by atoms with Crippen LogP contribution in [0.3, 0.4) is 0 Å². The quantitative estimate of drug-likeness (QED) is 0.190. The third-order valence-corrected chi connectivity index (χ3v) is 6.37. The lowest BCUT2D eigenvalue weighted by molar-refractivity contribution is -0.141. The topological polar surface area (TPSA) is 52.6 Å². The molecule has 186 valence electrons. The van der Waals surface area contributed by atoms with Crippen LogP contribution in [0.1, 0.15) is 86.5 Å². The number of ether oxygens (including phenoxy) is 2. The Balaban J connectivity index is 1.48. The Morgan fingerprint density at radius 2 is 0.735 bits per heavy atom. The van der Waals surface area contributed by atoms with Gasteiger partial charge in [-0.1, -0.05) is 74.2 Å². The van der Waals surface area contributed by atoms with E-state index in [-0.39, 0.29) is 11.9 Å². The number of rotatable bonds is 17. The first-order valence-electron chi connectivity index (χ1n) is 12.9. The van der Waals surface area contributed by atoms with Gasteiger partial charge >= 0.3 is 11.9 Å². The number of carbonyl (C=O) groups excluding carboxylic acids is 2. The Hall–Kier alpha value is -2.62. The van der Waals surface area contributed by atoms with Gasteiger partial charge in [-0.05, 0) is 73.6 Å². The molecule has 0 aromatic heterocycles. The van der Waals surface area contributed by atoms with Crippen LogP contribution in [0.15, 0.2) is 48.5 Å². The molecule has 0 saturated carbocycles. The standard InChI is InChI=1S/C30H42O4/c1-33-29(31)15-9-13-27-21-17-25(18-22-27)11-7-5-3-4-6-8-12-26-19-23-28(24-20-26)14-10-16-30(32)34-2/h17-24H,3-16H2,1-2H3. The Bertz CT molecular complexity index is 752. The molecule has 0 aliphatic rings. The second kappa shape index (κ2) is 16.9. The fraction of sp³-hybridized carbons (Fsp3) is 0.533. The van der Waals surface area contributed by atoms with Crippen LogP contribution in [0.25, 0.3) is 0 Å². The summed E-state index contributed by atoms with van der Waals surface area (Å²) in [6.45, 7) is 0. The van der Waals surface area contributed by atoms with Crippen molar-refractivity contribution in [2.45, 2.75) is 89.9 Å². The zero-order chi connectivity index (χ0) is 24.4. The molecule has 2 rings (SSSR count). The van der Waals surface area contributed by atoms with E-state index >= 15 is 0 Å². The zero-order valence-electron chi connectivity index (χ0n) is 21.2. The molecule has 0 aliphatic carbocycles. The first-order valence-corrected chi connectivity index (χ1v) is 12.9. The Morgan fingerprint density at radius 1 is 0.471 bits per heavy atom. The molecule has 2 aromatic rings. The van der Waals surface area contributed by atoms with Gasteiger partial charge in [-0.15, -0.1) is 0 Å². The maximum atomic E-state index is 11.2. The first kappa shape index (κ1) is 27.6. The average Bonchev–Trinajstić information content (AvgIpc) is 2.87. The van der Waals surface area contributed by atoms with E-state index in [0.717, 1.165) is 38.5 Å². The van der Waals surface area contributed by atoms with Gasteiger partial charge in [-0.3, -0.25) is 9.59 Å². The van der Waals surface area contributed by atoms with Crippen LogP contribution in [-0.2, 0) is 44.7 Å². The van der Waals surface area contributed by atoms with Gasteiger partial charge in [0.05, 0.1) is 14.2 Å². The van der Waals surface area contributed by atoms with Gasteiger partial charge in [0.2, 0.25) is 0 Å². The van der Waals surface area contributed by atoms with Gasteiger partial charge in [-0.2, -0.15) is 0 Å². The van der Waals surface area contributed by atoms with Gasteiger partial charge in [0.15, 0.2) is 0 Å². The molecule has 4 heteroatoms. The smallest absolute Gasteiger partial charge is 0.305 e. The summed E-state index contributed by atoms with van der Waals surface area (Å²) >= 11 is 0.